The Balaban J connectivity index is 1.72. The monoisotopic (exact) mass is 316 g/mol. The van der Waals surface area contributed by atoms with Gasteiger partial charge in [-0.2, -0.15) is 0 Å². The van der Waals surface area contributed by atoms with E-state index in [0.29, 0.717) is 6.54 Å². The van der Waals surface area contributed by atoms with Crippen LogP contribution in [0.25, 0.3) is 0 Å². The van der Waals surface area contributed by atoms with Crippen LogP contribution in [0.1, 0.15) is 43.2 Å². The molecule has 1 aromatic rings. The number of ether oxygens (including phenoxy) is 1. The van der Waals surface area contributed by atoms with Crippen molar-refractivity contribution in [2.75, 3.05) is 19.8 Å². The van der Waals surface area contributed by atoms with E-state index in [0.717, 1.165) is 45.3 Å². The van der Waals surface area contributed by atoms with Gasteiger partial charge < -0.3 is 15.8 Å². The van der Waals surface area contributed by atoms with Gasteiger partial charge in [0.15, 0.2) is 0 Å². The Hall–Kier alpha value is -1.39. The number of hydrogen-bond acceptors (Lipinski definition) is 3. The van der Waals surface area contributed by atoms with Crippen molar-refractivity contribution in [3.05, 3.63) is 35.4 Å². The lowest BCUT2D eigenvalue weighted by Crippen LogP contribution is -2.46. The molecular formula is C19H28N2O2. The molecule has 0 spiro atoms. The third kappa shape index (κ3) is 3.59. The zero-order valence-corrected chi connectivity index (χ0v) is 14.0. The first-order valence-electron chi connectivity index (χ1n) is 8.78. The normalized spacial score (nSPS) is 26.9. The number of carbonyl (C=O) groups is 1. The number of aryl methyl sites for hydroxylation is 1. The summed E-state index contributed by atoms with van der Waals surface area (Å²) in [5.74, 6) is 0.274. The van der Waals surface area contributed by atoms with Gasteiger partial charge in [-0.3, -0.25) is 4.79 Å². The summed E-state index contributed by atoms with van der Waals surface area (Å²) < 4.78 is 5.58. The van der Waals surface area contributed by atoms with E-state index in [2.05, 4.69) is 36.5 Å². The number of rotatable bonds is 4. The van der Waals surface area contributed by atoms with Crippen LogP contribution in [0.4, 0.5) is 0 Å². The Kier molecular flexibility index (Phi) is 5.02. The number of nitrogens with two attached hydrogens (primary N) is 1. The summed E-state index contributed by atoms with van der Waals surface area (Å²) in [5, 5.41) is 3.23. The molecule has 1 saturated heterocycles. The van der Waals surface area contributed by atoms with Crippen LogP contribution in [-0.4, -0.2) is 31.7 Å². The van der Waals surface area contributed by atoms with Gasteiger partial charge in [0.1, 0.15) is 0 Å². The molecule has 0 radical (unpaired) electrons. The Labute approximate surface area is 138 Å². The molecule has 23 heavy (non-hydrogen) atoms. The van der Waals surface area contributed by atoms with E-state index in [9.17, 15) is 4.79 Å². The van der Waals surface area contributed by atoms with Crippen molar-refractivity contribution in [1.82, 2.24) is 5.32 Å². The van der Waals surface area contributed by atoms with Gasteiger partial charge in [-0.05, 0) is 50.2 Å². The highest BCUT2D eigenvalue weighted by Gasteiger charge is 2.37. The van der Waals surface area contributed by atoms with Gasteiger partial charge in [-0.1, -0.05) is 24.3 Å². The molecule has 1 aliphatic carbocycles. The predicted octanol–water partition coefficient (Wildman–Crippen LogP) is 2.29. The van der Waals surface area contributed by atoms with E-state index in [-0.39, 0.29) is 23.3 Å². The Morgan fingerprint density at radius 1 is 1.30 bits per heavy atom. The number of amides is 1. The average molecular weight is 316 g/mol. The van der Waals surface area contributed by atoms with Crippen molar-refractivity contribution in [3.63, 3.8) is 0 Å². The van der Waals surface area contributed by atoms with Gasteiger partial charge in [0.05, 0.1) is 0 Å². The molecule has 4 heteroatoms. The summed E-state index contributed by atoms with van der Waals surface area (Å²) in [7, 11) is 0. The fourth-order valence-corrected chi connectivity index (χ4v) is 4.13. The standard InChI is InChI=1S/C19H28N2O2/c1-14-4-2-3-5-17(14)19(8-10-23-11-9-19)13-21-18(22)15-6-7-16(20)12-15/h2-5,15-16H,6-13,20H2,1H3,(H,21,22)/t15-,16+/m0/s1. The Morgan fingerprint density at radius 3 is 2.70 bits per heavy atom. The summed E-state index contributed by atoms with van der Waals surface area (Å²) in [6, 6.07) is 8.73. The Morgan fingerprint density at radius 2 is 2.04 bits per heavy atom. The third-order valence-electron chi connectivity index (χ3n) is 5.61. The van der Waals surface area contributed by atoms with Crippen molar-refractivity contribution in [2.45, 2.75) is 50.5 Å². The quantitative estimate of drug-likeness (QED) is 0.896. The van der Waals surface area contributed by atoms with Crippen LogP contribution in [0.3, 0.4) is 0 Å². The van der Waals surface area contributed by atoms with Gasteiger partial charge in [0, 0.05) is 37.1 Å². The topological polar surface area (TPSA) is 64.4 Å². The molecule has 4 nitrogen and oxygen atoms in total. The van der Waals surface area contributed by atoms with Crippen LogP contribution in [0.5, 0.6) is 0 Å². The van der Waals surface area contributed by atoms with E-state index in [1.807, 2.05) is 0 Å². The first-order chi connectivity index (χ1) is 11.1. The van der Waals surface area contributed by atoms with Crippen LogP contribution >= 0.6 is 0 Å². The maximum Gasteiger partial charge on any atom is 0.223 e. The summed E-state index contributed by atoms with van der Waals surface area (Å²) in [5.41, 5.74) is 8.59. The lowest BCUT2D eigenvalue weighted by atomic mass is 9.72. The van der Waals surface area contributed by atoms with E-state index in [1.54, 1.807) is 0 Å². The molecule has 2 atom stereocenters. The summed E-state index contributed by atoms with van der Waals surface area (Å²) in [4.78, 5) is 12.5. The van der Waals surface area contributed by atoms with Crippen LogP contribution in [0.15, 0.2) is 24.3 Å². The minimum atomic E-state index is -0.0000261. The maximum atomic E-state index is 12.5. The van der Waals surface area contributed by atoms with Gasteiger partial charge in [0.25, 0.3) is 0 Å². The molecule has 0 unspecified atom stereocenters. The second-order valence-corrected chi connectivity index (χ2v) is 7.20. The van der Waals surface area contributed by atoms with E-state index in [1.165, 1.54) is 11.1 Å². The number of benzene rings is 1. The zero-order chi connectivity index (χ0) is 16.3. The lowest BCUT2D eigenvalue weighted by Gasteiger charge is -2.39. The molecule has 2 aliphatic rings. The van der Waals surface area contributed by atoms with Crippen molar-refractivity contribution in [1.29, 1.82) is 0 Å². The molecule has 0 aromatic heterocycles. The zero-order valence-electron chi connectivity index (χ0n) is 14.0. The smallest absolute Gasteiger partial charge is 0.223 e. The molecule has 1 saturated carbocycles. The maximum absolute atomic E-state index is 12.5. The second-order valence-electron chi connectivity index (χ2n) is 7.20. The van der Waals surface area contributed by atoms with Crippen molar-refractivity contribution in [2.24, 2.45) is 11.7 Å². The number of hydrogen-bond donors (Lipinski definition) is 2. The highest BCUT2D eigenvalue weighted by molar-refractivity contribution is 5.79. The van der Waals surface area contributed by atoms with Crippen LogP contribution < -0.4 is 11.1 Å². The molecule has 1 aliphatic heterocycles. The van der Waals surface area contributed by atoms with E-state index in [4.69, 9.17) is 10.5 Å². The van der Waals surface area contributed by atoms with Crippen LogP contribution in [0, 0.1) is 12.8 Å². The molecule has 3 rings (SSSR count). The van der Waals surface area contributed by atoms with Gasteiger partial charge in [-0.15, -0.1) is 0 Å². The summed E-state index contributed by atoms with van der Waals surface area (Å²) >= 11 is 0. The fraction of sp³-hybridized carbons (Fsp3) is 0.632. The second kappa shape index (κ2) is 7.02. The highest BCUT2D eigenvalue weighted by Crippen LogP contribution is 2.36. The van der Waals surface area contributed by atoms with E-state index < -0.39 is 0 Å². The summed E-state index contributed by atoms with van der Waals surface area (Å²) in [6.07, 6.45) is 4.64. The molecule has 126 valence electrons. The molecule has 1 aromatic carbocycles. The van der Waals surface area contributed by atoms with Crippen LogP contribution in [-0.2, 0) is 14.9 Å². The van der Waals surface area contributed by atoms with Crippen molar-refractivity contribution in [3.8, 4) is 0 Å². The molecular weight excluding hydrogens is 288 g/mol. The SMILES string of the molecule is Cc1ccccc1C1(CNC(=O)[C@H]2CC[C@@H](N)C2)CCOCC1. The lowest BCUT2D eigenvalue weighted by molar-refractivity contribution is -0.125. The predicted molar refractivity (Wildman–Crippen MR) is 91.2 cm³/mol. The summed E-state index contributed by atoms with van der Waals surface area (Å²) in [6.45, 7) is 4.38. The fourth-order valence-electron chi connectivity index (χ4n) is 4.13. The first kappa shape index (κ1) is 16.5. The van der Waals surface area contributed by atoms with Crippen molar-refractivity contribution < 1.29 is 9.53 Å². The first-order valence-corrected chi connectivity index (χ1v) is 8.78. The molecule has 0 bridgehead atoms. The van der Waals surface area contributed by atoms with Crippen LogP contribution in [0.2, 0.25) is 0 Å². The largest absolute Gasteiger partial charge is 0.381 e. The van der Waals surface area contributed by atoms with Gasteiger partial charge in [-0.25, -0.2) is 0 Å². The Bertz CT molecular complexity index is 552. The molecule has 3 N–H and O–H groups in total. The highest BCUT2D eigenvalue weighted by atomic mass is 16.5. The van der Waals surface area contributed by atoms with Crippen molar-refractivity contribution >= 4 is 5.91 Å². The average Bonchev–Trinajstić information content (AvgIpc) is 3.00. The van der Waals surface area contributed by atoms with Gasteiger partial charge >= 0.3 is 0 Å². The molecule has 1 amide bonds. The minimum Gasteiger partial charge on any atom is -0.381 e. The molecule has 2 fully saturated rings. The number of nitrogens with one attached hydrogen (secondary N) is 1. The van der Waals surface area contributed by atoms with Gasteiger partial charge in [0.2, 0.25) is 5.91 Å². The number of carbonyl (C=O) groups excluding carboxylic acids is 1. The van der Waals surface area contributed by atoms with E-state index >= 15 is 0 Å². The minimum absolute atomic E-state index is 0.0000261. The third-order valence-corrected chi connectivity index (χ3v) is 5.61. The molecule has 1 heterocycles.